The van der Waals surface area contributed by atoms with Crippen molar-refractivity contribution >= 4 is 11.6 Å². The van der Waals surface area contributed by atoms with E-state index in [1.165, 1.54) is 16.7 Å². The van der Waals surface area contributed by atoms with Gasteiger partial charge in [0.25, 0.3) is 0 Å². The summed E-state index contributed by atoms with van der Waals surface area (Å²) in [6.45, 7) is 15.7. The lowest BCUT2D eigenvalue weighted by molar-refractivity contribution is 0.566. The first-order chi connectivity index (χ1) is 8.00. The minimum Gasteiger partial charge on any atom is -0.123 e. The van der Waals surface area contributed by atoms with E-state index < -0.39 is 0 Å². The Hall–Kier alpha value is -0.490. The van der Waals surface area contributed by atoms with Crippen LogP contribution in [0.2, 0.25) is 0 Å². The normalized spacial score (nSPS) is 14.7. The van der Waals surface area contributed by atoms with E-state index in [0.717, 1.165) is 6.42 Å². The van der Waals surface area contributed by atoms with E-state index in [9.17, 15) is 0 Å². The molecule has 0 heterocycles. The van der Waals surface area contributed by atoms with Crippen LogP contribution in [0, 0.1) is 0 Å². The van der Waals surface area contributed by atoms with Crippen LogP contribution in [-0.2, 0) is 17.3 Å². The number of hydrogen-bond acceptors (Lipinski definition) is 0. The van der Waals surface area contributed by atoms with Gasteiger partial charge < -0.3 is 0 Å². The molecule has 18 heavy (non-hydrogen) atoms. The van der Waals surface area contributed by atoms with E-state index in [-0.39, 0.29) is 16.2 Å². The standard InChI is InChI=1S/C17H27Cl/c1-12(18)8-13-9-14(16(2,3)4)11-15(10-13)17(5,6)7/h9-12H,8H2,1-7H3. The van der Waals surface area contributed by atoms with Gasteiger partial charge in [0.05, 0.1) is 0 Å². The van der Waals surface area contributed by atoms with Crippen LogP contribution in [0.25, 0.3) is 0 Å². The van der Waals surface area contributed by atoms with Crippen molar-refractivity contribution in [2.75, 3.05) is 0 Å². The summed E-state index contributed by atoms with van der Waals surface area (Å²) in [7, 11) is 0. The van der Waals surface area contributed by atoms with Gasteiger partial charge in [-0.2, -0.15) is 0 Å². The van der Waals surface area contributed by atoms with Crippen molar-refractivity contribution in [3.8, 4) is 0 Å². The van der Waals surface area contributed by atoms with Crippen LogP contribution < -0.4 is 0 Å². The molecule has 1 aromatic carbocycles. The summed E-state index contributed by atoms with van der Waals surface area (Å²) in [5, 5.41) is 0.188. The number of rotatable bonds is 2. The third-order valence-corrected chi connectivity index (χ3v) is 3.40. The van der Waals surface area contributed by atoms with Crippen LogP contribution in [0.5, 0.6) is 0 Å². The summed E-state index contributed by atoms with van der Waals surface area (Å²) >= 11 is 6.15. The zero-order chi connectivity index (χ0) is 14.1. The Labute approximate surface area is 118 Å². The van der Waals surface area contributed by atoms with Crippen molar-refractivity contribution < 1.29 is 0 Å². The van der Waals surface area contributed by atoms with Crippen molar-refractivity contribution in [2.24, 2.45) is 0 Å². The first-order valence-corrected chi connectivity index (χ1v) is 7.23. The van der Waals surface area contributed by atoms with E-state index in [1.807, 2.05) is 0 Å². The zero-order valence-corrected chi connectivity index (χ0v) is 13.7. The van der Waals surface area contributed by atoms with Gasteiger partial charge in [-0.3, -0.25) is 0 Å². The van der Waals surface area contributed by atoms with E-state index >= 15 is 0 Å². The van der Waals surface area contributed by atoms with E-state index in [4.69, 9.17) is 11.6 Å². The van der Waals surface area contributed by atoms with Crippen LogP contribution in [0.15, 0.2) is 18.2 Å². The maximum atomic E-state index is 6.15. The summed E-state index contributed by atoms with van der Waals surface area (Å²) < 4.78 is 0. The highest BCUT2D eigenvalue weighted by Gasteiger charge is 2.20. The monoisotopic (exact) mass is 266 g/mol. The topological polar surface area (TPSA) is 0 Å². The molecule has 0 saturated heterocycles. The third kappa shape index (κ3) is 4.31. The van der Waals surface area contributed by atoms with Gasteiger partial charge in [-0.1, -0.05) is 59.7 Å². The van der Waals surface area contributed by atoms with Gasteiger partial charge in [0, 0.05) is 5.38 Å². The lowest BCUT2D eigenvalue weighted by Gasteiger charge is -2.26. The van der Waals surface area contributed by atoms with Crippen molar-refractivity contribution in [3.05, 3.63) is 34.9 Å². The van der Waals surface area contributed by atoms with E-state index in [0.29, 0.717) is 0 Å². The van der Waals surface area contributed by atoms with Crippen molar-refractivity contribution in [1.29, 1.82) is 0 Å². The molecule has 0 bridgehead atoms. The second kappa shape index (κ2) is 5.25. The fraction of sp³-hybridized carbons (Fsp3) is 0.647. The summed E-state index contributed by atoms with van der Waals surface area (Å²) in [6.07, 6.45) is 0.939. The van der Waals surface area contributed by atoms with Crippen LogP contribution in [0.1, 0.15) is 65.2 Å². The number of halogens is 1. The molecule has 1 rings (SSSR count). The van der Waals surface area contributed by atoms with Gasteiger partial charge in [-0.05, 0) is 40.9 Å². The van der Waals surface area contributed by atoms with Gasteiger partial charge in [0.2, 0.25) is 0 Å². The largest absolute Gasteiger partial charge is 0.123 e. The summed E-state index contributed by atoms with van der Waals surface area (Å²) in [5.74, 6) is 0. The van der Waals surface area contributed by atoms with Gasteiger partial charge in [0.15, 0.2) is 0 Å². The molecule has 0 amide bonds. The fourth-order valence-electron chi connectivity index (χ4n) is 2.00. The van der Waals surface area contributed by atoms with Crippen molar-refractivity contribution in [1.82, 2.24) is 0 Å². The summed E-state index contributed by atoms with van der Waals surface area (Å²) in [6, 6.07) is 6.98. The minimum absolute atomic E-state index is 0.186. The van der Waals surface area contributed by atoms with Crippen molar-refractivity contribution in [2.45, 2.75) is 71.1 Å². The Bertz CT molecular complexity index is 370. The first kappa shape index (κ1) is 15.6. The molecule has 1 aromatic rings. The molecule has 0 aliphatic heterocycles. The predicted octanol–water partition coefficient (Wildman–Crippen LogP) is 5.45. The lowest BCUT2D eigenvalue weighted by Crippen LogP contribution is -2.17. The molecule has 0 aliphatic carbocycles. The van der Waals surface area contributed by atoms with Crippen LogP contribution in [0.3, 0.4) is 0 Å². The molecule has 0 N–H and O–H groups in total. The predicted molar refractivity (Wildman–Crippen MR) is 82.9 cm³/mol. The molecule has 0 nitrogen and oxygen atoms in total. The molecular weight excluding hydrogens is 240 g/mol. The minimum atomic E-state index is 0.186. The fourth-order valence-corrected chi connectivity index (χ4v) is 2.18. The molecule has 102 valence electrons. The average molecular weight is 267 g/mol. The van der Waals surface area contributed by atoms with Crippen LogP contribution in [0.4, 0.5) is 0 Å². The van der Waals surface area contributed by atoms with E-state index in [2.05, 4.69) is 66.7 Å². The summed E-state index contributed by atoms with van der Waals surface area (Å²) in [4.78, 5) is 0. The Morgan fingerprint density at radius 2 is 1.28 bits per heavy atom. The SMILES string of the molecule is CC(Cl)Cc1cc(C(C)(C)C)cc(C(C)(C)C)c1. The van der Waals surface area contributed by atoms with E-state index in [1.54, 1.807) is 0 Å². The molecule has 1 atom stereocenters. The maximum Gasteiger partial charge on any atom is 0.0348 e. The second-order valence-corrected chi connectivity index (χ2v) is 8.15. The molecule has 0 aliphatic rings. The Morgan fingerprint density at radius 1 is 0.889 bits per heavy atom. The highest BCUT2D eigenvalue weighted by atomic mass is 35.5. The first-order valence-electron chi connectivity index (χ1n) is 6.79. The second-order valence-electron chi connectivity index (χ2n) is 7.40. The quantitative estimate of drug-likeness (QED) is 0.624. The molecule has 0 saturated carbocycles. The lowest BCUT2D eigenvalue weighted by atomic mass is 9.79. The Morgan fingerprint density at radius 3 is 1.56 bits per heavy atom. The van der Waals surface area contributed by atoms with Gasteiger partial charge in [-0.15, -0.1) is 11.6 Å². The van der Waals surface area contributed by atoms with Crippen molar-refractivity contribution in [3.63, 3.8) is 0 Å². The average Bonchev–Trinajstić information content (AvgIpc) is 2.13. The highest BCUT2D eigenvalue weighted by molar-refractivity contribution is 6.20. The summed E-state index contributed by atoms with van der Waals surface area (Å²) in [5.41, 5.74) is 4.54. The molecule has 0 fully saturated rings. The van der Waals surface area contributed by atoms with Gasteiger partial charge in [0.1, 0.15) is 0 Å². The molecule has 0 aromatic heterocycles. The smallest absolute Gasteiger partial charge is 0.0348 e. The zero-order valence-electron chi connectivity index (χ0n) is 12.9. The van der Waals surface area contributed by atoms with Gasteiger partial charge >= 0.3 is 0 Å². The molecular formula is C17H27Cl. The molecule has 0 spiro atoms. The maximum absolute atomic E-state index is 6.15. The molecule has 0 radical (unpaired) electrons. The van der Waals surface area contributed by atoms with Crippen LogP contribution in [-0.4, -0.2) is 5.38 Å². The van der Waals surface area contributed by atoms with Crippen LogP contribution >= 0.6 is 11.6 Å². The highest BCUT2D eigenvalue weighted by Crippen LogP contribution is 2.30. The Balaban J connectivity index is 3.29. The number of alkyl halides is 1. The third-order valence-electron chi connectivity index (χ3n) is 3.24. The molecule has 1 heteroatoms. The molecule has 1 unspecified atom stereocenters. The number of benzene rings is 1. The van der Waals surface area contributed by atoms with Gasteiger partial charge in [-0.25, -0.2) is 0 Å². The number of hydrogen-bond donors (Lipinski definition) is 0. The Kier molecular flexibility index (Phi) is 4.54.